The molecule has 2 rings (SSSR count). The first kappa shape index (κ1) is 9.42. The Bertz CT molecular complexity index is 351. The van der Waals surface area contributed by atoms with Gasteiger partial charge in [0.15, 0.2) is 0 Å². The molecule has 1 aromatic carbocycles. The van der Waals surface area contributed by atoms with E-state index >= 15 is 0 Å². The van der Waals surface area contributed by atoms with Crippen LogP contribution in [0, 0.1) is 11.3 Å². The number of thioether (sulfide) groups is 1. The summed E-state index contributed by atoms with van der Waals surface area (Å²) in [5.74, 6) is 2.38. The Morgan fingerprint density at radius 2 is 2.29 bits per heavy atom. The fourth-order valence-corrected chi connectivity index (χ4v) is 2.73. The van der Waals surface area contributed by atoms with Gasteiger partial charge >= 0.3 is 0 Å². The van der Waals surface area contributed by atoms with Gasteiger partial charge in [-0.15, -0.1) is 0 Å². The first-order chi connectivity index (χ1) is 6.90. The molecule has 1 saturated heterocycles. The minimum Gasteiger partial charge on any atom is -0.380 e. The summed E-state index contributed by atoms with van der Waals surface area (Å²) in [5.41, 5.74) is 1.71. The van der Waals surface area contributed by atoms with E-state index in [0.717, 1.165) is 17.0 Å². The minimum atomic E-state index is 0.537. The molecule has 1 atom stereocenters. The molecule has 0 bridgehead atoms. The summed E-state index contributed by atoms with van der Waals surface area (Å²) in [4.78, 5) is 0. The second-order valence-corrected chi connectivity index (χ2v) is 4.51. The Hall–Kier alpha value is -1.14. The number of benzene rings is 1. The summed E-state index contributed by atoms with van der Waals surface area (Å²) in [6.07, 6.45) is 1.20. The van der Waals surface area contributed by atoms with Crippen molar-refractivity contribution < 1.29 is 0 Å². The van der Waals surface area contributed by atoms with Gasteiger partial charge in [-0.2, -0.15) is 17.0 Å². The number of para-hydroxylation sites is 1. The second kappa shape index (κ2) is 4.39. The van der Waals surface area contributed by atoms with E-state index in [1.54, 1.807) is 0 Å². The van der Waals surface area contributed by atoms with Crippen LogP contribution in [0.3, 0.4) is 0 Å². The van der Waals surface area contributed by atoms with Crippen LogP contribution in [-0.2, 0) is 0 Å². The topological polar surface area (TPSA) is 35.8 Å². The van der Waals surface area contributed by atoms with E-state index in [1.165, 1.54) is 12.2 Å². The lowest BCUT2D eigenvalue weighted by Crippen LogP contribution is -2.18. The maximum absolute atomic E-state index is 8.90. The van der Waals surface area contributed by atoms with Crippen molar-refractivity contribution in [2.45, 2.75) is 12.5 Å². The summed E-state index contributed by atoms with van der Waals surface area (Å²) in [6, 6.07) is 10.4. The monoisotopic (exact) mass is 204 g/mol. The van der Waals surface area contributed by atoms with E-state index in [1.807, 2.05) is 36.0 Å². The van der Waals surface area contributed by atoms with Gasteiger partial charge in [0, 0.05) is 11.8 Å². The maximum Gasteiger partial charge on any atom is 0.101 e. The molecule has 1 aliphatic rings. The average Bonchev–Trinajstić information content (AvgIpc) is 2.71. The lowest BCUT2D eigenvalue weighted by molar-refractivity contribution is 0.812. The molecule has 1 heterocycles. The molecule has 1 aromatic rings. The third kappa shape index (κ3) is 2.02. The smallest absolute Gasteiger partial charge is 0.101 e. The van der Waals surface area contributed by atoms with Gasteiger partial charge in [0.1, 0.15) is 6.07 Å². The van der Waals surface area contributed by atoms with E-state index < -0.39 is 0 Å². The highest BCUT2D eigenvalue weighted by atomic mass is 32.2. The third-order valence-corrected chi connectivity index (χ3v) is 3.50. The number of nitriles is 1. The van der Waals surface area contributed by atoms with Crippen molar-refractivity contribution >= 4 is 17.4 Å². The van der Waals surface area contributed by atoms with Crippen molar-refractivity contribution in [3.63, 3.8) is 0 Å². The fourth-order valence-electron chi connectivity index (χ4n) is 1.57. The molecule has 0 saturated carbocycles. The SMILES string of the molecule is N#Cc1ccccc1NC1CCSC1. The zero-order chi connectivity index (χ0) is 9.80. The van der Waals surface area contributed by atoms with Crippen molar-refractivity contribution in [3.8, 4) is 6.07 Å². The molecule has 72 valence electrons. The molecule has 0 spiro atoms. The van der Waals surface area contributed by atoms with Crippen molar-refractivity contribution in [1.29, 1.82) is 5.26 Å². The first-order valence-corrected chi connectivity index (χ1v) is 5.89. The summed E-state index contributed by atoms with van der Waals surface area (Å²) >= 11 is 1.97. The Labute approximate surface area is 88.3 Å². The molecule has 2 nitrogen and oxygen atoms in total. The van der Waals surface area contributed by atoms with Gasteiger partial charge in [-0.25, -0.2) is 0 Å². The predicted octanol–water partition coefficient (Wildman–Crippen LogP) is 2.48. The largest absolute Gasteiger partial charge is 0.380 e. The zero-order valence-electron chi connectivity index (χ0n) is 7.86. The van der Waals surface area contributed by atoms with E-state index in [4.69, 9.17) is 5.26 Å². The molecule has 1 N–H and O–H groups in total. The minimum absolute atomic E-state index is 0.537. The number of anilines is 1. The molecule has 0 radical (unpaired) electrons. The second-order valence-electron chi connectivity index (χ2n) is 3.36. The van der Waals surface area contributed by atoms with Gasteiger partial charge in [-0.05, 0) is 24.3 Å². The van der Waals surface area contributed by atoms with Crippen molar-refractivity contribution in [1.82, 2.24) is 0 Å². The molecule has 0 amide bonds. The van der Waals surface area contributed by atoms with E-state index in [2.05, 4.69) is 11.4 Å². The van der Waals surface area contributed by atoms with E-state index in [9.17, 15) is 0 Å². The molecule has 3 heteroatoms. The van der Waals surface area contributed by atoms with E-state index in [-0.39, 0.29) is 0 Å². The number of hydrogen-bond donors (Lipinski definition) is 1. The number of rotatable bonds is 2. The molecule has 1 fully saturated rings. The standard InChI is InChI=1S/C11H12N2S/c12-7-9-3-1-2-4-11(9)13-10-5-6-14-8-10/h1-4,10,13H,5-6,8H2. The third-order valence-electron chi connectivity index (χ3n) is 2.34. The van der Waals surface area contributed by atoms with Crippen LogP contribution < -0.4 is 5.32 Å². The quantitative estimate of drug-likeness (QED) is 0.804. The number of nitrogens with zero attached hydrogens (tertiary/aromatic N) is 1. The van der Waals surface area contributed by atoms with Crippen LogP contribution in [0.4, 0.5) is 5.69 Å². The highest BCUT2D eigenvalue weighted by Gasteiger charge is 2.15. The fraction of sp³-hybridized carbons (Fsp3) is 0.364. The van der Waals surface area contributed by atoms with Gasteiger partial charge < -0.3 is 5.32 Å². The molecule has 0 aromatic heterocycles. The van der Waals surface area contributed by atoms with E-state index in [0.29, 0.717) is 6.04 Å². The zero-order valence-corrected chi connectivity index (χ0v) is 8.68. The highest BCUT2D eigenvalue weighted by molar-refractivity contribution is 7.99. The summed E-state index contributed by atoms with van der Waals surface area (Å²) in [7, 11) is 0. The van der Waals surface area contributed by atoms with Gasteiger partial charge in [-0.1, -0.05) is 12.1 Å². The first-order valence-electron chi connectivity index (χ1n) is 4.73. The molecule has 0 aliphatic carbocycles. The van der Waals surface area contributed by atoms with Crippen molar-refractivity contribution in [3.05, 3.63) is 29.8 Å². The van der Waals surface area contributed by atoms with Crippen LogP contribution in [0.1, 0.15) is 12.0 Å². The summed E-state index contributed by atoms with van der Waals surface area (Å²) in [6.45, 7) is 0. The average molecular weight is 204 g/mol. The Kier molecular flexibility index (Phi) is 2.95. The lowest BCUT2D eigenvalue weighted by atomic mass is 10.1. The molecule has 14 heavy (non-hydrogen) atoms. The van der Waals surface area contributed by atoms with Gasteiger partial charge in [0.05, 0.1) is 11.3 Å². The molecular weight excluding hydrogens is 192 g/mol. The summed E-state index contributed by atoms with van der Waals surface area (Å²) < 4.78 is 0. The molecule has 1 aliphatic heterocycles. The number of nitrogens with one attached hydrogen (secondary N) is 1. The van der Waals surface area contributed by atoms with Gasteiger partial charge in [-0.3, -0.25) is 0 Å². The molecular formula is C11H12N2S. The Morgan fingerprint density at radius 3 is 3.00 bits per heavy atom. The van der Waals surface area contributed by atoms with Gasteiger partial charge in [0.25, 0.3) is 0 Å². The number of hydrogen-bond acceptors (Lipinski definition) is 3. The van der Waals surface area contributed by atoms with Gasteiger partial charge in [0.2, 0.25) is 0 Å². The van der Waals surface area contributed by atoms with Crippen molar-refractivity contribution in [2.24, 2.45) is 0 Å². The highest BCUT2D eigenvalue weighted by Crippen LogP contribution is 2.22. The van der Waals surface area contributed by atoms with Crippen LogP contribution >= 0.6 is 11.8 Å². The van der Waals surface area contributed by atoms with Crippen LogP contribution in [0.5, 0.6) is 0 Å². The van der Waals surface area contributed by atoms with Crippen molar-refractivity contribution in [2.75, 3.05) is 16.8 Å². The Morgan fingerprint density at radius 1 is 1.43 bits per heavy atom. The Balaban J connectivity index is 2.11. The molecule has 1 unspecified atom stereocenters. The van der Waals surface area contributed by atoms with Crippen LogP contribution in [0.15, 0.2) is 24.3 Å². The lowest BCUT2D eigenvalue weighted by Gasteiger charge is -2.13. The van der Waals surface area contributed by atoms with Crippen LogP contribution in [0.25, 0.3) is 0 Å². The normalized spacial score (nSPS) is 20.4. The summed E-state index contributed by atoms with van der Waals surface area (Å²) in [5, 5.41) is 12.3. The van der Waals surface area contributed by atoms with Crippen LogP contribution in [0.2, 0.25) is 0 Å². The van der Waals surface area contributed by atoms with Crippen LogP contribution in [-0.4, -0.2) is 17.5 Å². The predicted molar refractivity (Wildman–Crippen MR) is 60.5 cm³/mol. The maximum atomic E-state index is 8.90.